The van der Waals surface area contributed by atoms with Gasteiger partial charge in [0.05, 0.1) is 36.4 Å². The molecule has 0 bridgehead atoms. The number of hydrogen-bond acceptors (Lipinski definition) is 7. The van der Waals surface area contributed by atoms with Crippen LogP contribution in [0.25, 0.3) is 11.1 Å². The molecule has 3 heterocycles. The number of benzene rings is 1. The van der Waals surface area contributed by atoms with Gasteiger partial charge in [-0.2, -0.15) is 0 Å². The number of anilines is 1. The molecule has 1 amide bonds. The van der Waals surface area contributed by atoms with Gasteiger partial charge in [-0.25, -0.2) is 8.42 Å². The van der Waals surface area contributed by atoms with E-state index in [9.17, 15) is 13.2 Å². The van der Waals surface area contributed by atoms with Crippen LogP contribution in [0.15, 0.2) is 52.3 Å². The van der Waals surface area contributed by atoms with Crippen LogP contribution in [0.4, 0.5) is 5.69 Å². The van der Waals surface area contributed by atoms with E-state index in [2.05, 4.69) is 20.2 Å². The van der Waals surface area contributed by atoms with Gasteiger partial charge in [0.15, 0.2) is 0 Å². The number of amides is 1. The van der Waals surface area contributed by atoms with Gasteiger partial charge in [-0.1, -0.05) is 11.2 Å². The van der Waals surface area contributed by atoms with Crippen LogP contribution in [0.3, 0.4) is 0 Å². The predicted octanol–water partition coefficient (Wildman–Crippen LogP) is 1.83. The summed E-state index contributed by atoms with van der Waals surface area (Å²) in [5.74, 6) is -0.0989. The minimum Gasteiger partial charge on any atom is -0.495 e. The fraction of sp³-hybridized carbons (Fsp3) is 0.167. The van der Waals surface area contributed by atoms with E-state index in [-0.39, 0.29) is 22.2 Å². The van der Waals surface area contributed by atoms with E-state index >= 15 is 0 Å². The van der Waals surface area contributed by atoms with Gasteiger partial charge in [-0.3, -0.25) is 14.5 Å². The van der Waals surface area contributed by atoms with Crippen LogP contribution in [0.5, 0.6) is 5.75 Å². The Morgan fingerprint density at radius 3 is 2.82 bits per heavy atom. The van der Waals surface area contributed by atoms with E-state index in [1.807, 2.05) is 0 Å². The van der Waals surface area contributed by atoms with E-state index in [4.69, 9.17) is 9.26 Å². The minimum absolute atomic E-state index is 0.0594. The number of rotatable bonds is 5. The molecule has 0 atom stereocenters. The SMILES string of the molecule is COc1ccc(-c2cnoc2)cc1S(=O)(=O)Nc1cnc2c(c1)C(=O)NCC2. The summed E-state index contributed by atoms with van der Waals surface area (Å²) in [7, 11) is -2.62. The number of pyridine rings is 1. The van der Waals surface area contributed by atoms with E-state index in [1.54, 1.807) is 12.1 Å². The Hall–Kier alpha value is -3.40. The van der Waals surface area contributed by atoms with Crippen LogP contribution in [0.1, 0.15) is 16.1 Å². The number of methoxy groups -OCH3 is 1. The lowest BCUT2D eigenvalue weighted by Crippen LogP contribution is -2.32. The first-order valence-electron chi connectivity index (χ1n) is 8.35. The Bertz CT molecular complexity index is 1140. The molecular weight excluding hydrogens is 384 g/mol. The second kappa shape index (κ2) is 6.97. The molecule has 0 unspecified atom stereocenters. The van der Waals surface area contributed by atoms with Gasteiger partial charge < -0.3 is 14.6 Å². The summed E-state index contributed by atoms with van der Waals surface area (Å²) < 4.78 is 38.5. The Morgan fingerprint density at radius 1 is 1.21 bits per heavy atom. The van der Waals surface area contributed by atoms with E-state index in [0.717, 1.165) is 0 Å². The van der Waals surface area contributed by atoms with Gasteiger partial charge in [0.2, 0.25) is 0 Å². The molecule has 144 valence electrons. The van der Waals surface area contributed by atoms with Gasteiger partial charge >= 0.3 is 0 Å². The summed E-state index contributed by atoms with van der Waals surface area (Å²) in [4.78, 5) is 16.1. The van der Waals surface area contributed by atoms with Crippen molar-refractivity contribution in [3.8, 4) is 16.9 Å². The van der Waals surface area contributed by atoms with Crippen LogP contribution in [-0.2, 0) is 16.4 Å². The normalized spacial score (nSPS) is 13.5. The standard InChI is InChI=1S/C18H16N4O5S/c1-26-16-3-2-11(12-8-21-27-10-12)6-17(16)28(24,25)22-13-7-14-15(20-9-13)4-5-19-18(14)23/h2-3,6-10,22H,4-5H2,1H3,(H,19,23). The Kier molecular flexibility index (Phi) is 4.47. The number of ether oxygens (including phenoxy) is 1. The smallest absolute Gasteiger partial charge is 0.265 e. The largest absolute Gasteiger partial charge is 0.495 e. The third-order valence-electron chi connectivity index (χ3n) is 4.33. The van der Waals surface area contributed by atoms with Crippen LogP contribution < -0.4 is 14.8 Å². The molecular formula is C18H16N4O5S. The molecule has 0 saturated heterocycles. The highest BCUT2D eigenvalue weighted by molar-refractivity contribution is 7.92. The summed E-state index contributed by atoms with van der Waals surface area (Å²) >= 11 is 0. The Balaban J connectivity index is 1.71. The van der Waals surface area contributed by atoms with Crippen molar-refractivity contribution in [1.82, 2.24) is 15.5 Å². The van der Waals surface area contributed by atoms with Gasteiger partial charge in [0.25, 0.3) is 15.9 Å². The van der Waals surface area contributed by atoms with E-state index < -0.39 is 10.0 Å². The zero-order chi connectivity index (χ0) is 19.7. The summed E-state index contributed by atoms with van der Waals surface area (Å²) in [6, 6.07) is 6.20. The summed E-state index contributed by atoms with van der Waals surface area (Å²) in [6.07, 6.45) is 4.89. The molecule has 28 heavy (non-hydrogen) atoms. The Labute approximate surface area is 160 Å². The molecule has 1 aliphatic heterocycles. The van der Waals surface area contributed by atoms with Crippen LogP contribution in [-0.4, -0.2) is 38.1 Å². The molecule has 0 spiro atoms. The third-order valence-corrected chi connectivity index (χ3v) is 5.74. The van der Waals surface area contributed by atoms with Crippen molar-refractivity contribution in [2.75, 3.05) is 18.4 Å². The van der Waals surface area contributed by atoms with Crippen LogP contribution >= 0.6 is 0 Å². The molecule has 0 saturated carbocycles. The molecule has 1 aliphatic rings. The van der Waals surface area contributed by atoms with Gasteiger partial charge in [0.1, 0.15) is 16.9 Å². The maximum absolute atomic E-state index is 13.0. The quantitative estimate of drug-likeness (QED) is 0.670. The van der Waals surface area contributed by atoms with Crippen molar-refractivity contribution in [2.24, 2.45) is 0 Å². The van der Waals surface area contributed by atoms with Crippen molar-refractivity contribution in [3.05, 3.63) is 54.2 Å². The maximum atomic E-state index is 13.0. The average molecular weight is 400 g/mol. The highest BCUT2D eigenvalue weighted by Gasteiger charge is 2.23. The monoisotopic (exact) mass is 400 g/mol. The fourth-order valence-electron chi connectivity index (χ4n) is 2.96. The maximum Gasteiger partial charge on any atom is 0.265 e. The predicted molar refractivity (Wildman–Crippen MR) is 99.6 cm³/mol. The number of fused-ring (bicyclic) bond motifs is 1. The topological polar surface area (TPSA) is 123 Å². The number of hydrogen-bond donors (Lipinski definition) is 2. The average Bonchev–Trinajstić information content (AvgIpc) is 3.23. The molecule has 2 N–H and O–H groups in total. The Morgan fingerprint density at radius 2 is 2.07 bits per heavy atom. The number of sulfonamides is 1. The molecule has 2 aromatic heterocycles. The van der Waals surface area contributed by atoms with Crippen molar-refractivity contribution >= 4 is 21.6 Å². The van der Waals surface area contributed by atoms with Gasteiger partial charge in [-0.15, -0.1) is 0 Å². The first-order valence-corrected chi connectivity index (χ1v) is 9.84. The zero-order valence-corrected chi connectivity index (χ0v) is 15.6. The number of aromatic nitrogens is 2. The van der Waals surface area contributed by atoms with Crippen LogP contribution in [0.2, 0.25) is 0 Å². The molecule has 9 nitrogen and oxygen atoms in total. The first-order chi connectivity index (χ1) is 13.5. The third kappa shape index (κ3) is 3.29. The molecule has 0 fully saturated rings. The van der Waals surface area contributed by atoms with Crippen molar-refractivity contribution < 1.29 is 22.5 Å². The fourth-order valence-corrected chi connectivity index (χ4v) is 4.19. The van der Waals surface area contributed by atoms with Crippen LogP contribution in [0, 0.1) is 0 Å². The molecule has 1 aromatic carbocycles. The van der Waals surface area contributed by atoms with E-state index in [0.29, 0.717) is 35.3 Å². The first kappa shape index (κ1) is 18.0. The van der Waals surface area contributed by atoms with Crippen molar-refractivity contribution in [2.45, 2.75) is 11.3 Å². The molecule has 10 heteroatoms. The lowest BCUT2D eigenvalue weighted by Gasteiger charge is -2.17. The lowest BCUT2D eigenvalue weighted by atomic mass is 10.1. The number of carbonyl (C=O) groups is 1. The second-order valence-corrected chi connectivity index (χ2v) is 7.76. The molecule has 0 radical (unpaired) electrons. The number of carbonyl (C=O) groups excluding carboxylic acids is 1. The summed E-state index contributed by atoms with van der Waals surface area (Å²) in [6.45, 7) is 0.511. The molecule has 0 aliphatic carbocycles. The molecule has 3 aromatic rings. The molecule has 4 rings (SSSR count). The highest BCUT2D eigenvalue weighted by atomic mass is 32.2. The van der Waals surface area contributed by atoms with E-state index in [1.165, 1.54) is 37.9 Å². The lowest BCUT2D eigenvalue weighted by molar-refractivity contribution is 0.0945. The zero-order valence-electron chi connectivity index (χ0n) is 14.8. The minimum atomic E-state index is -4.01. The summed E-state index contributed by atoms with van der Waals surface area (Å²) in [5, 5.41) is 6.34. The summed E-state index contributed by atoms with van der Waals surface area (Å²) in [5.41, 5.74) is 2.42. The van der Waals surface area contributed by atoms with Gasteiger partial charge in [0, 0.05) is 18.5 Å². The number of nitrogens with zero attached hydrogens (tertiary/aromatic N) is 2. The second-order valence-electron chi connectivity index (χ2n) is 6.11. The van der Waals surface area contributed by atoms with Crippen molar-refractivity contribution in [3.63, 3.8) is 0 Å². The van der Waals surface area contributed by atoms with Gasteiger partial charge in [-0.05, 0) is 23.8 Å². The number of nitrogens with one attached hydrogen (secondary N) is 2. The highest BCUT2D eigenvalue weighted by Crippen LogP contribution is 2.31. The van der Waals surface area contributed by atoms with Crippen molar-refractivity contribution in [1.29, 1.82) is 0 Å².